The van der Waals surface area contributed by atoms with Gasteiger partial charge in [0.05, 0.1) is 38.9 Å². The molecule has 2 aromatic rings. The number of methoxy groups -OCH3 is 1. The molecule has 2 N–H and O–H groups in total. The highest BCUT2D eigenvalue weighted by Gasteiger charge is 2.47. The molecule has 9 nitrogen and oxygen atoms in total. The minimum atomic E-state index is -3.93. The van der Waals surface area contributed by atoms with Crippen molar-refractivity contribution < 1.29 is 36.7 Å². The maximum atomic E-state index is 14.8. The molecule has 11 heteroatoms. The van der Waals surface area contributed by atoms with Gasteiger partial charge < -0.3 is 14.9 Å². The highest BCUT2D eigenvalue weighted by atomic mass is 32.2. The van der Waals surface area contributed by atoms with Crippen molar-refractivity contribution in [3.05, 3.63) is 46.8 Å². The number of aromatic nitrogens is 2. The number of hydrogen-bond acceptors (Lipinski definition) is 7. The molecule has 0 spiro atoms. The summed E-state index contributed by atoms with van der Waals surface area (Å²) in [5, 5.41) is 20.3. The van der Waals surface area contributed by atoms with Crippen LogP contribution in [-0.2, 0) is 25.0 Å². The lowest BCUT2D eigenvalue weighted by molar-refractivity contribution is -0.160. The van der Waals surface area contributed by atoms with Gasteiger partial charge in [-0.05, 0) is 63.9 Å². The van der Waals surface area contributed by atoms with Gasteiger partial charge in [-0.2, -0.15) is 0 Å². The van der Waals surface area contributed by atoms with E-state index in [0.29, 0.717) is 11.3 Å². The highest BCUT2D eigenvalue weighted by molar-refractivity contribution is 7.93. The van der Waals surface area contributed by atoms with E-state index < -0.39 is 74.1 Å². The number of ether oxygens (including phenoxy) is 1. The van der Waals surface area contributed by atoms with Gasteiger partial charge >= 0.3 is 5.97 Å². The molecule has 0 radical (unpaired) electrons. The van der Waals surface area contributed by atoms with Crippen LogP contribution in [0.15, 0.2) is 24.2 Å². The van der Waals surface area contributed by atoms with E-state index in [-0.39, 0.29) is 28.3 Å². The highest BCUT2D eigenvalue weighted by Crippen LogP contribution is 2.43. The van der Waals surface area contributed by atoms with E-state index in [1.165, 1.54) is 41.0 Å². The second kappa shape index (κ2) is 12.4. The predicted octanol–water partition coefficient (Wildman–Crippen LogP) is 5.73. The Kier molecular flexibility index (Phi) is 9.01. The Balaban J connectivity index is 3.17. The molecule has 0 saturated heterocycles. The second-order valence-electron chi connectivity index (χ2n) is 12.6. The summed E-state index contributed by atoms with van der Waals surface area (Å²) in [4.78, 5) is 20.9. The van der Waals surface area contributed by atoms with Crippen molar-refractivity contribution in [2.45, 2.75) is 98.0 Å². The van der Waals surface area contributed by atoms with Gasteiger partial charge in [0.15, 0.2) is 0 Å². The summed E-state index contributed by atoms with van der Waals surface area (Å²) in [7, 11) is -1.28. The number of nitrogens with zero attached hydrogens (tertiary/aromatic N) is 3. The lowest BCUT2D eigenvalue weighted by atomic mass is 9.69. The Hall–Kier alpha value is -2.89. The first-order valence-corrected chi connectivity index (χ1v) is 15.1. The molecule has 1 aromatic carbocycles. The van der Waals surface area contributed by atoms with Gasteiger partial charge in [-0.25, -0.2) is 27.1 Å². The fourth-order valence-electron chi connectivity index (χ4n) is 4.41. The van der Waals surface area contributed by atoms with Gasteiger partial charge in [0.1, 0.15) is 5.82 Å². The summed E-state index contributed by atoms with van der Waals surface area (Å²) in [5.74, 6) is -2.39. The van der Waals surface area contributed by atoms with Gasteiger partial charge in [-0.3, -0.25) is 4.79 Å². The van der Waals surface area contributed by atoms with Crippen LogP contribution in [0.25, 0.3) is 16.8 Å². The summed E-state index contributed by atoms with van der Waals surface area (Å²) in [6, 6.07) is -1.78. The van der Waals surface area contributed by atoms with E-state index >= 15 is 0 Å². The molecule has 2 rings (SSSR count). The van der Waals surface area contributed by atoms with E-state index in [1.807, 2.05) is 20.8 Å². The number of carboxylic acids is 1. The predicted molar refractivity (Wildman–Crippen MR) is 164 cm³/mol. The van der Waals surface area contributed by atoms with Gasteiger partial charge in [0.25, 0.3) is 0 Å². The molecule has 2 atom stereocenters. The van der Waals surface area contributed by atoms with E-state index in [9.17, 15) is 27.8 Å². The summed E-state index contributed by atoms with van der Waals surface area (Å²) < 4.78 is 73.4. The number of allylic oxidation sites excluding steroid dienone is 1. The smallest absolute Gasteiger partial charge is 0.306 e. The number of carbonyl (C=O) groups is 1. The van der Waals surface area contributed by atoms with Crippen molar-refractivity contribution in [2.24, 2.45) is 5.41 Å². The van der Waals surface area contributed by atoms with Gasteiger partial charge in [0, 0.05) is 36.1 Å². The first kappa shape index (κ1) is 30.6. The van der Waals surface area contributed by atoms with Crippen molar-refractivity contribution >= 4 is 27.5 Å². The van der Waals surface area contributed by atoms with Crippen molar-refractivity contribution in [1.29, 1.82) is 0 Å². The molecule has 0 unspecified atom stereocenters. The zero-order valence-electron chi connectivity index (χ0n) is 29.6. The number of aliphatic hydroxyl groups excluding tert-OH is 1. The largest absolute Gasteiger partial charge is 0.481 e. The van der Waals surface area contributed by atoms with Crippen LogP contribution in [-0.4, -0.2) is 65.7 Å². The summed E-state index contributed by atoms with van der Waals surface area (Å²) in [5.41, 5.74) is -2.84. The molecule has 0 fully saturated rings. The Morgan fingerprint density at radius 1 is 1.19 bits per heavy atom. The first-order chi connectivity index (χ1) is 20.3. The van der Waals surface area contributed by atoms with Crippen LogP contribution in [0.4, 0.5) is 10.3 Å². The minimum Gasteiger partial charge on any atom is -0.481 e. The van der Waals surface area contributed by atoms with Crippen LogP contribution >= 0.6 is 0 Å². The molecule has 0 aliphatic carbocycles. The van der Waals surface area contributed by atoms with Gasteiger partial charge in [0.2, 0.25) is 16.0 Å². The zero-order valence-corrected chi connectivity index (χ0v) is 27.4. The second-order valence-corrected chi connectivity index (χ2v) is 15.1. The molecular formula is C31H46FN3O6S. The summed E-state index contributed by atoms with van der Waals surface area (Å²) in [6.07, 6.45) is -0.242. The fraction of sp³-hybridized carbons (Fsp3) is 0.581. The Bertz CT molecular complexity index is 1590. The van der Waals surface area contributed by atoms with Crippen LogP contribution in [0, 0.1) is 18.2 Å². The number of halogens is 1. The number of aliphatic hydroxyl groups is 1. The molecule has 42 heavy (non-hydrogen) atoms. The lowest BCUT2D eigenvalue weighted by Crippen LogP contribution is -2.51. The standard InChI is InChI=1S/C31H46FN3O6S/c1-18(2)42(39,40)35(11)28-33-26(21-13-14-22(32)19(3)15-21)25(27(34-28)29(5,6)7)20(4)16-23(36)30(8,9)31(10,41-12)17-24(37)38/h13-16,18,23,36H,17H2,1-12H3,(H,37,38)/b20-16+/t23-,31+/m1/s1/i13D,14D,15D. The lowest BCUT2D eigenvalue weighted by Gasteiger charge is -2.44. The van der Waals surface area contributed by atoms with E-state index in [1.54, 1.807) is 27.7 Å². The molecule has 0 amide bonds. The van der Waals surface area contributed by atoms with E-state index in [4.69, 9.17) is 8.85 Å². The quantitative estimate of drug-likeness (QED) is 0.330. The van der Waals surface area contributed by atoms with Crippen LogP contribution in [0.1, 0.15) is 89.7 Å². The minimum absolute atomic E-state index is 0.0823. The molecule has 1 aromatic heterocycles. The molecule has 0 aliphatic rings. The third-order valence-corrected chi connectivity index (χ3v) is 10.0. The molecule has 1 heterocycles. The Morgan fingerprint density at radius 2 is 1.76 bits per heavy atom. The monoisotopic (exact) mass is 610 g/mol. The Morgan fingerprint density at radius 3 is 2.24 bits per heavy atom. The van der Waals surface area contributed by atoms with E-state index in [2.05, 4.69) is 9.97 Å². The van der Waals surface area contributed by atoms with Crippen LogP contribution in [0.5, 0.6) is 0 Å². The van der Waals surface area contributed by atoms with Gasteiger partial charge in [-0.15, -0.1) is 0 Å². The SMILES string of the molecule is [2H]c1c([2H])c(-c2nc(N(C)S(=O)(=O)C(C)C)nc(C(C)(C)C)c2/C(C)=C/[C@@H](O)C(C)(C)[C@](C)(CC(=O)O)OC)c([2H])c(C)c1F. The van der Waals surface area contributed by atoms with Crippen molar-refractivity contribution in [3.63, 3.8) is 0 Å². The summed E-state index contributed by atoms with van der Waals surface area (Å²) >= 11 is 0. The maximum absolute atomic E-state index is 14.8. The maximum Gasteiger partial charge on any atom is 0.306 e. The summed E-state index contributed by atoms with van der Waals surface area (Å²) in [6.45, 7) is 16.3. The molecular weight excluding hydrogens is 561 g/mol. The normalized spacial score (nSPS) is 16.5. The topological polar surface area (TPSA) is 130 Å². The van der Waals surface area contributed by atoms with Crippen LogP contribution in [0.2, 0.25) is 0 Å². The number of anilines is 1. The molecule has 0 aliphatic heterocycles. The number of sulfonamides is 1. The van der Waals surface area contributed by atoms with Crippen molar-refractivity contribution in [1.82, 2.24) is 9.97 Å². The number of aliphatic carboxylic acids is 1. The molecule has 0 saturated carbocycles. The van der Waals surface area contributed by atoms with Crippen LogP contribution in [0.3, 0.4) is 0 Å². The number of hydrogen-bond donors (Lipinski definition) is 2. The number of benzene rings is 1. The van der Waals surface area contributed by atoms with Crippen LogP contribution < -0.4 is 4.31 Å². The third kappa shape index (κ3) is 7.01. The van der Waals surface area contributed by atoms with E-state index in [0.717, 1.165) is 4.31 Å². The van der Waals surface area contributed by atoms with Crippen molar-refractivity contribution in [2.75, 3.05) is 18.5 Å². The van der Waals surface area contributed by atoms with Gasteiger partial charge in [-0.1, -0.05) is 40.7 Å². The average molecular weight is 611 g/mol. The fourth-order valence-corrected chi connectivity index (χ4v) is 5.35. The Labute approximate surface area is 254 Å². The number of carboxylic acid groups (broad SMARTS) is 1. The zero-order chi connectivity index (χ0) is 35.2. The average Bonchev–Trinajstić information content (AvgIpc) is 2.92. The molecule has 0 bridgehead atoms. The third-order valence-electron chi connectivity index (χ3n) is 7.89. The number of rotatable bonds is 11. The molecule has 234 valence electrons. The first-order valence-electron chi connectivity index (χ1n) is 15.1. The van der Waals surface area contributed by atoms with Crippen molar-refractivity contribution in [3.8, 4) is 11.3 Å².